The van der Waals surface area contributed by atoms with Crippen molar-refractivity contribution in [3.8, 4) is 0 Å². The summed E-state index contributed by atoms with van der Waals surface area (Å²) >= 11 is 0. The summed E-state index contributed by atoms with van der Waals surface area (Å²) in [4.78, 5) is 14.1. The van der Waals surface area contributed by atoms with E-state index in [0.29, 0.717) is 13.1 Å². The molecular formula is C7H12N2O2. The Morgan fingerprint density at radius 2 is 2.18 bits per heavy atom. The molecule has 0 aromatic heterocycles. The summed E-state index contributed by atoms with van der Waals surface area (Å²) in [7, 11) is 2.06. The SMILES string of the molecule is CN1CCC12CN(C(=O)O)C2. The van der Waals surface area contributed by atoms with Crippen LogP contribution in [0.2, 0.25) is 0 Å². The number of likely N-dealkylation sites (tertiary alicyclic amines) is 2. The molecule has 0 unspecified atom stereocenters. The molecule has 11 heavy (non-hydrogen) atoms. The summed E-state index contributed by atoms with van der Waals surface area (Å²) in [5.41, 5.74) is 0.235. The number of rotatable bonds is 0. The summed E-state index contributed by atoms with van der Waals surface area (Å²) in [6.45, 7) is 2.53. The van der Waals surface area contributed by atoms with Gasteiger partial charge in [0.15, 0.2) is 0 Å². The second-order valence-corrected chi connectivity index (χ2v) is 3.53. The first-order valence-electron chi connectivity index (χ1n) is 3.83. The van der Waals surface area contributed by atoms with Crippen LogP contribution in [0.3, 0.4) is 0 Å². The zero-order valence-corrected chi connectivity index (χ0v) is 6.58. The van der Waals surface area contributed by atoms with Gasteiger partial charge in [-0.25, -0.2) is 4.79 Å². The van der Waals surface area contributed by atoms with E-state index in [2.05, 4.69) is 11.9 Å². The van der Waals surface area contributed by atoms with E-state index in [9.17, 15) is 4.79 Å². The predicted octanol–water partition coefficient (Wildman–Crippen LogP) is 0.0543. The van der Waals surface area contributed by atoms with Crippen LogP contribution in [0.5, 0.6) is 0 Å². The minimum Gasteiger partial charge on any atom is -0.465 e. The highest BCUT2D eigenvalue weighted by Gasteiger charge is 2.53. The second-order valence-electron chi connectivity index (χ2n) is 3.53. The van der Waals surface area contributed by atoms with Gasteiger partial charge in [0.25, 0.3) is 0 Å². The zero-order chi connectivity index (χ0) is 8.06. The third kappa shape index (κ3) is 0.758. The minimum absolute atomic E-state index is 0.235. The molecule has 0 bridgehead atoms. The Hall–Kier alpha value is -0.770. The maximum atomic E-state index is 10.4. The van der Waals surface area contributed by atoms with Crippen LogP contribution in [-0.2, 0) is 0 Å². The Kier molecular flexibility index (Phi) is 1.18. The van der Waals surface area contributed by atoms with E-state index in [-0.39, 0.29) is 5.54 Å². The summed E-state index contributed by atoms with van der Waals surface area (Å²) < 4.78 is 0. The lowest BCUT2D eigenvalue weighted by Crippen LogP contribution is -2.76. The number of carboxylic acid groups (broad SMARTS) is 1. The van der Waals surface area contributed by atoms with Crippen molar-refractivity contribution >= 4 is 6.09 Å². The lowest BCUT2D eigenvalue weighted by molar-refractivity contribution is -0.0953. The fourth-order valence-electron chi connectivity index (χ4n) is 1.85. The van der Waals surface area contributed by atoms with Crippen molar-refractivity contribution in [2.75, 3.05) is 26.7 Å². The molecule has 0 aromatic rings. The predicted molar refractivity (Wildman–Crippen MR) is 39.6 cm³/mol. The quantitative estimate of drug-likeness (QED) is 0.539. The summed E-state index contributed by atoms with van der Waals surface area (Å²) in [5.74, 6) is 0. The Morgan fingerprint density at radius 3 is 2.45 bits per heavy atom. The number of amides is 1. The van der Waals surface area contributed by atoms with Gasteiger partial charge in [-0.05, 0) is 13.5 Å². The highest BCUT2D eigenvalue weighted by Crippen LogP contribution is 2.37. The van der Waals surface area contributed by atoms with Crippen molar-refractivity contribution in [1.29, 1.82) is 0 Å². The molecule has 2 rings (SSSR count). The first-order valence-corrected chi connectivity index (χ1v) is 3.83. The van der Waals surface area contributed by atoms with Gasteiger partial charge >= 0.3 is 6.09 Å². The Morgan fingerprint density at radius 1 is 1.55 bits per heavy atom. The molecule has 2 aliphatic heterocycles. The van der Waals surface area contributed by atoms with Crippen LogP contribution in [-0.4, -0.2) is 53.2 Å². The van der Waals surface area contributed by atoms with Crippen LogP contribution in [0, 0.1) is 0 Å². The van der Waals surface area contributed by atoms with Gasteiger partial charge in [-0.3, -0.25) is 4.90 Å². The molecule has 4 heteroatoms. The molecule has 1 amide bonds. The highest BCUT2D eigenvalue weighted by atomic mass is 16.4. The fourth-order valence-corrected chi connectivity index (χ4v) is 1.85. The fraction of sp³-hybridized carbons (Fsp3) is 0.857. The van der Waals surface area contributed by atoms with Gasteiger partial charge in [-0.1, -0.05) is 0 Å². The van der Waals surface area contributed by atoms with Gasteiger partial charge in [0.2, 0.25) is 0 Å². The molecule has 2 heterocycles. The van der Waals surface area contributed by atoms with Gasteiger partial charge in [0, 0.05) is 19.6 Å². The van der Waals surface area contributed by atoms with Gasteiger partial charge in [0.1, 0.15) is 0 Å². The third-order valence-electron chi connectivity index (χ3n) is 2.96. The van der Waals surface area contributed by atoms with Crippen molar-refractivity contribution in [2.24, 2.45) is 0 Å². The average Bonchev–Trinajstić information content (AvgIpc) is 1.81. The number of carbonyl (C=O) groups is 1. The van der Waals surface area contributed by atoms with E-state index in [4.69, 9.17) is 5.11 Å². The zero-order valence-electron chi connectivity index (χ0n) is 6.58. The van der Waals surface area contributed by atoms with Crippen molar-refractivity contribution in [2.45, 2.75) is 12.0 Å². The van der Waals surface area contributed by atoms with E-state index in [1.165, 1.54) is 4.90 Å². The molecule has 0 aliphatic carbocycles. The van der Waals surface area contributed by atoms with E-state index in [1.54, 1.807) is 0 Å². The van der Waals surface area contributed by atoms with Crippen LogP contribution in [0.4, 0.5) is 4.79 Å². The molecule has 2 fully saturated rings. The summed E-state index contributed by atoms with van der Waals surface area (Å²) in [6.07, 6.45) is 0.378. The topological polar surface area (TPSA) is 43.8 Å². The molecule has 1 spiro atoms. The Labute approximate surface area is 65.4 Å². The van der Waals surface area contributed by atoms with Crippen molar-refractivity contribution < 1.29 is 9.90 Å². The van der Waals surface area contributed by atoms with Crippen molar-refractivity contribution in [3.63, 3.8) is 0 Å². The number of likely N-dealkylation sites (N-methyl/N-ethyl adjacent to an activating group) is 1. The smallest absolute Gasteiger partial charge is 0.407 e. The van der Waals surface area contributed by atoms with E-state index in [0.717, 1.165) is 13.0 Å². The molecule has 1 N–H and O–H groups in total. The van der Waals surface area contributed by atoms with E-state index < -0.39 is 6.09 Å². The second kappa shape index (κ2) is 1.88. The maximum Gasteiger partial charge on any atom is 0.407 e. The van der Waals surface area contributed by atoms with Crippen LogP contribution >= 0.6 is 0 Å². The normalized spacial score (nSPS) is 27.9. The molecule has 0 aromatic carbocycles. The van der Waals surface area contributed by atoms with Gasteiger partial charge in [0.05, 0.1) is 5.54 Å². The van der Waals surface area contributed by atoms with Gasteiger partial charge in [-0.2, -0.15) is 0 Å². The first-order chi connectivity index (χ1) is 5.14. The average molecular weight is 156 g/mol. The largest absolute Gasteiger partial charge is 0.465 e. The first kappa shape index (κ1) is 6.91. The molecule has 0 saturated carbocycles. The van der Waals surface area contributed by atoms with Crippen molar-refractivity contribution in [1.82, 2.24) is 9.80 Å². The number of nitrogens with zero attached hydrogens (tertiary/aromatic N) is 2. The Bertz CT molecular complexity index is 199. The monoisotopic (exact) mass is 156 g/mol. The third-order valence-corrected chi connectivity index (χ3v) is 2.96. The van der Waals surface area contributed by atoms with E-state index in [1.807, 2.05) is 0 Å². The lowest BCUT2D eigenvalue weighted by Gasteiger charge is -2.60. The standard InChI is InChI=1S/C7H12N2O2/c1-8-3-2-7(8)4-9(5-7)6(10)11/h2-5H2,1H3,(H,10,11). The Balaban J connectivity index is 1.92. The van der Waals surface area contributed by atoms with Gasteiger partial charge < -0.3 is 10.0 Å². The minimum atomic E-state index is -0.782. The lowest BCUT2D eigenvalue weighted by atomic mass is 9.78. The molecule has 62 valence electrons. The number of hydrogen-bond donors (Lipinski definition) is 1. The molecule has 0 atom stereocenters. The van der Waals surface area contributed by atoms with Gasteiger partial charge in [-0.15, -0.1) is 0 Å². The molecule has 2 saturated heterocycles. The van der Waals surface area contributed by atoms with E-state index >= 15 is 0 Å². The molecule has 2 aliphatic rings. The van der Waals surface area contributed by atoms with Crippen LogP contribution in [0.25, 0.3) is 0 Å². The maximum absolute atomic E-state index is 10.4. The van der Waals surface area contributed by atoms with Crippen LogP contribution in [0.1, 0.15) is 6.42 Å². The van der Waals surface area contributed by atoms with Crippen LogP contribution in [0.15, 0.2) is 0 Å². The summed E-state index contributed by atoms with van der Waals surface area (Å²) in [5, 5.41) is 8.58. The highest BCUT2D eigenvalue weighted by molar-refractivity contribution is 5.67. The number of hydrogen-bond acceptors (Lipinski definition) is 2. The molecular weight excluding hydrogens is 144 g/mol. The van der Waals surface area contributed by atoms with Crippen LogP contribution < -0.4 is 0 Å². The van der Waals surface area contributed by atoms with Crippen molar-refractivity contribution in [3.05, 3.63) is 0 Å². The summed E-state index contributed by atoms with van der Waals surface area (Å²) in [6, 6.07) is 0. The molecule has 4 nitrogen and oxygen atoms in total. The molecule has 0 radical (unpaired) electrons.